The van der Waals surface area contributed by atoms with Crippen molar-refractivity contribution >= 4 is 53.3 Å². The normalized spacial score (nSPS) is 11.8. The van der Waals surface area contributed by atoms with E-state index in [1.54, 1.807) is 0 Å². The first kappa shape index (κ1) is 23.2. The highest BCUT2D eigenvalue weighted by atomic mass is 32.1. The maximum Gasteiger partial charge on any atom is 0.0570 e. The van der Waals surface area contributed by atoms with Crippen molar-refractivity contribution in [1.82, 2.24) is 4.57 Å². The number of rotatable bonds is 3. The van der Waals surface area contributed by atoms with Gasteiger partial charge >= 0.3 is 0 Å². The Kier molecular flexibility index (Phi) is 5.20. The molecule has 0 bridgehead atoms. The van der Waals surface area contributed by atoms with E-state index in [1.807, 2.05) is 11.3 Å². The quantitative estimate of drug-likeness (QED) is 0.214. The van der Waals surface area contributed by atoms with Crippen LogP contribution in [0.3, 0.4) is 0 Å². The van der Waals surface area contributed by atoms with E-state index in [0.717, 1.165) is 0 Å². The smallest absolute Gasteiger partial charge is 0.0570 e. The Hall–Kier alpha value is -4.66. The molecule has 0 radical (unpaired) electrons. The van der Waals surface area contributed by atoms with Crippen LogP contribution in [-0.2, 0) is 0 Å². The van der Waals surface area contributed by atoms with Crippen LogP contribution in [0.25, 0.3) is 69.9 Å². The number of hydrogen-bond acceptors (Lipinski definition) is 1. The lowest BCUT2D eigenvalue weighted by Crippen LogP contribution is -1.96. The lowest BCUT2D eigenvalue weighted by Gasteiger charge is -2.12. The molecule has 190 valence electrons. The van der Waals surface area contributed by atoms with Crippen LogP contribution in [0.15, 0.2) is 127 Å². The number of aryl methyl sites for hydroxylation is 2. The lowest BCUT2D eigenvalue weighted by molar-refractivity contribution is 1.16. The minimum atomic E-state index is 1.19. The molecule has 0 N–H and O–H groups in total. The van der Waals surface area contributed by atoms with E-state index in [2.05, 4.69) is 146 Å². The first-order valence-electron chi connectivity index (χ1n) is 13.8. The van der Waals surface area contributed by atoms with Gasteiger partial charge in [0.1, 0.15) is 0 Å². The second-order valence-electron chi connectivity index (χ2n) is 10.7. The largest absolute Gasteiger partial charge is 0.309 e. The van der Waals surface area contributed by atoms with Gasteiger partial charge in [-0.2, -0.15) is 0 Å². The molecule has 0 aliphatic rings. The van der Waals surface area contributed by atoms with Crippen LogP contribution >= 0.6 is 11.3 Å². The average molecular weight is 530 g/mol. The van der Waals surface area contributed by atoms with Crippen LogP contribution in [-0.4, -0.2) is 4.57 Å². The molecule has 0 fully saturated rings. The van der Waals surface area contributed by atoms with Gasteiger partial charge in [-0.15, -0.1) is 11.3 Å². The molecule has 2 aromatic heterocycles. The van der Waals surface area contributed by atoms with Gasteiger partial charge in [-0.3, -0.25) is 0 Å². The van der Waals surface area contributed by atoms with E-state index in [1.165, 1.54) is 81.0 Å². The Bertz CT molecular complexity index is 2150. The van der Waals surface area contributed by atoms with E-state index in [4.69, 9.17) is 0 Å². The van der Waals surface area contributed by atoms with E-state index in [-0.39, 0.29) is 0 Å². The van der Waals surface area contributed by atoms with Crippen LogP contribution in [0.2, 0.25) is 0 Å². The topological polar surface area (TPSA) is 4.93 Å². The first-order valence-corrected chi connectivity index (χ1v) is 14.6. The molecule has 1 nitrogen and oxygen atoms in total. The molecule has 0 unspecified atom stereocenters. The molecule has 0 amide bonds. The van der Waals surface area contributed by atoms with Gasteiger partial charge in [-0.05, 0) is 77.6 Å². The van der Waals surface area contributed by atoms with Crippen molar-refractivity contribution < 1.29 is 0 Å². The zero-order chi connectivity index (χ0) is 26.8. The SMILES string of the molecule is Cc1cccc2c3cccc(C)c3n(-c3ccc(-c4ccc(-c5ccc6sc7ccccc7c6c5)cc4)cc3)c12. The fraction of sp³-hybridized carbons (Fsp3) is 0.0526. The molecule has 8 rings (SSSR count). The lowest BCUT2D eigenvalue weighted by atomic mass is 9.99. The summed E-state index contributed by atoms with van der Waals surface area (Å²) in [4.78, 5) is 0. The summed E-state index contributed by atoms with van der Waals surface area (Å²) in [5.41, 5.74) is 11.3. The molecule has 0 saturated carbocycles. The minimum Gasteiger partial charge on any atom is -0.309 e. The first-order chi connectivity index (χ1) is 19.7. The molecule has 0 spiro atoms. The van der Waals surface area contributed by atoms with Gasteiger partial charge in [-0.25, -0.2) is 0 Å². The summed E-state index contributed by atoms with van der Waals surface area (Å²) in [7, 11) is 0. The van der Waals surface area contributed by atoms with Crippen molar-refractivity contribution in [3.63, 3.8) is 0 Å². The second-order valence-corrected chi connectivity index (χ2v) is 11.8. The highest BCUT2D eigenvalue weighted by Gasteiger charge is 2.15. The van der Waals surface area contributed by atoms with Crippen molar-refractivity contribution in [3.8, 4) is 27.9 Å². The Morgan fingerprint density at radius 3 is 1.57 bits per heavy atom. The van der Waals surface area contributed by atoms with Crippen LogP contribution in [0.5, 0.6) is 0 Å². The van der Waals surface area contributed by atoms with Crippen molar-refractivity contribution in [1.29, 1.82) is 0 Å². The number of benzene rings is 6. The van der Waals surface area contributed by atoms with Crippen LogP contribution < -0.4 is 0 Å². The van der Waals surface area contributed by atoms with Crippen molar-refractivity contribution in [2.45, 2.75) is 13.8 Å². The summed E-state index contributed by atoms with van der Waals surface area (Å²) < 4.78 is 5.13. The van der Waals surface area contributed by atoms with Crippen LogP contribution in [0.4, 0.5) is 0 Å². The Morgan fingerprint density at radius 2 is 0.925 bits per heavy atom. The van der Waals surface area contributed by atoms with Gasteiger partial charge < -0.3 is 4.57 Å². The molecule has 40 heavy (non-hydrogen) atoms. The summed E-state index contributed by atoms with van der Waals surface area (Å²) >= 11 is 1.87. The Morgan fingerprint density at radius 1 is 0.425 bits per heavy atom. The molecule has 0 aliphatic carbocycles. The summed E-state index contributed by atoms with van der Waals surface area (Å²) in [6, 6.07) is 46.8. The molecule has 0 atom stereocenters. The summed E-state index contributed by atoms with van der Waals surface area (Å²) in [5.74, 6) is 0. The van der Waals surface area contributed by atoms with Crippen molar-refractivity contribution in [2.24, 2.45) is 0 Å². The fourth-order valence-corrected chi connectivity index (χ4v) is 7.37. The monoisotopic (exact) mass is 529 g/mol. The molecule has 2 heterocycles. The predicted molar refractivity (Wildman–Crippen MR) is 174 cm³/mol. The highest BCUT2D eigenvalue weighted by Crippen LogP contribution is 2.38. The maximum absolute atomic E-state index is 2.44. The van der Waals surface area contributed by atoms with E-state index in [0.29, 0.717) is 0 Å². The van der Waals surface area contributed by atoms with Gasteiger partial charge in [0.2, 0.25) is 0 Å². The number of aromatic nitrogens is 1. The maximum atomic E-state index is 2.44. The third-order valence-corrected chi connectivity index (χ3v) is 9.42. The zero-order valence-corrected chi connectivity index (χ0v) is 23.3. The molecule has 6 aromatic carbocycles. The van der Waals surface area contributed by atoms with E-state index < -0.39 is 0 Å². The van der Waals surface area contributed by atoms with Gasteiger partial charge in [-0.1, -0.05) is 97.1 Å². The van der Waals surface area contributed by atoms with E-state index in [9.17, 15) is 0 Å². The number of fused-ring (bicyclic) bond motifs is 6. The van der Waals surface area contributed by atoms with Crippen LogP contribution in [0, 0.1) is 13.8 Å². The molecular weight excluding hydrogens is 502 g/mol. The highest BCUT2D eigenvalue weighted by molar-refractivity contribution is 7.25. The average Bonchev–Trinajstić information content (AvgIpc) is 3.55. The summed E-state index contributed by atoms with van der Waals surface area (Å²) in [5, 5.41) is 5.31. The number of thiophene rings is 1. The minimum absolute atomic E-state index is 1.19. The van der Waals surface area contributed by atoms with Crippen LogP contribution in [0.1, 0.15) is 11.1 Å². The zero-order valence-electron chi connectivity index (χ0n) is 22.5. The van der Waals surface area contributed by atoms with E-state index >= 15 is 0 Å². The standard InChI is InChI=1S/C38H27NS/c1-24-7-5-10-32-33-11-6-8-25(2)38(33)39(37(24)32)30-20-17-27(18-21-30)26-13-15-28(16-14-26)29-19-22-36-34(23-29)31-9-3-4-12-35(31)40-36/h3-23H,1-2H3. The van der Waals surface area contributed by atoms with Gasteiger partial charge in [0.05, 0.1) is 11.0 Å². The van der Waals surface area contributed by atoms with Gasteiger partial charge in [0, 0.05) is 36.6 Å². The fourth-order valence-electron chi connectivity index (χ4n) is 6.28. The third-order valence-electron chi connectivity index (χ3n) is 8.27. The summed E-state index contributed by atoms with van der Waals surface area (Å²) in [6.07, 6.45) is 0. The Labute approximate surface area is 237 Å². The third kappa shape index (κ3) is 3.53. The second kappa shape index (κ2) is 8.94. The predicted octanol–water partition coefficient (Wildman–Crippen LogP) is 11.1. The molecule has 0 saturated heterocycles. The molecular formula is C38H27NS. The number of nitrogens with zero attached hydrogens (tertiary/aromatic N) is 1. The van der Waals surface area contributed by atoms with Crippen molar-refractivity contribution in [3.05, 3.63) is 139 Å². The van der Waals surface area contributed by atoms with Crippen molar-refractivity contribution in [2.75, 3.05) is 0 Å². The van der Waals surface area contributed by atoms with Gasteiger partial charge in [0.15, 0.2) is 0 Å². The summed E-state index contributed by atoms with van der Waals surface area (Å²) in [6.45, 7) is 4.42. The molecule has 0 aliphatic heterocycles. The van der Waals surface area contributed by atoms with Gasteiger partial charge in [0.25, 0.3) is 0 Å². The molecule has 8 aromatic rings. The number of para-hydroxylation sites is 2. The Balaban J connectivity index is 1.17. The molecule has 2 heteroatoms. The number of hydrogen-bond donors (Lipinski definition) is 0.